The first-order valence-electron chi connectivity index (χ1n) is 6.19. The van der Waals surface area contributed by atoms with Crippen LogP contribution in [0.25, 0.3) is 0 Å². The van der Waals surface area contributed by atoms with Crippen molar-refractivity contribution in [3.8, 4) is 0 Å². The third-order valence-corrected chi connectivity index (χ3v) is 4.46. The molecule has 106 valence electrons. The number of hydrogen-bond acceptors (Lipinski definition) is 4. The van der Waals surface area contributed by atoms with Gasteiger partial charge in [-0.2, -0.15) is 0 Å². The van der Waals surface area contributed by atoms with Gasteiger partial charge in [-0.05, 0) is 18.1 Å². The van der Waals surface area contributed by atoms with Gasteiger partial charge in [0.25, 0.3) is 11.8 Å². The first kappa shape index (κ1) is 14.7. The van der Waals surface area contributed by atoms with Gasteiger partial charge in [0.05, 0.1) is 11.1 Å². The fourth-order valence-electron chi connectivity index (χ4n) is 1.84. The highest BCUT2D eigenvalue weighted by atomic mass is 79.9. The van der Waals surface area contributed by atoms with E-state index in [1.807, 2.05) is 13.8 Å². The van der Waals surface area contributed by atoms with Crippen molar-refractivity contribution < 1.29 is 19.1 Å². The summed E-state index contributed by atoms with van der Waals surface area (Å²) in [6.45, 7) is 3.37. The fourth-order valence-corrected chi connectivity index (χ4v) is 1.97. The number of fused-ring (bicyclic) bond motifs is 1. The van der Waals surface area contributed by atoms with E-state index < -0.39 is 22.6 Å². The zero-order chi connectivity index (χ0) is 14.9. The Morgan fingerprint density at radius 2 is 1.70 bits per heavy atom. The van der Waals surface area contributed by atoms with Crippen LogP contribution in [0, 0.1) is 5.92 Å². The number of carbonyl (C=O) groups excluding carboxylic acids is 3. The number of amides is 2. The Balaban J connectivity index is 2.05. The van der Waals surface area contributed by atoms with E-state index in [-0.39, 0.29) is 12.6 Å². The summed E-state index contributed by atoms with van der Waals surface area (Å²) < 4.78 is 5.02. The van der Waals surface area contributed by atoms with Gasteiger partial charge < -0.3 is 4.74 Å². The van der Waals surface area contributed by atoms with Crippen LogP contribution >= 0.6 is 15.9 Å². The molecule has 1 unspecified atom stereocenters. The Morgan fingerprint density at radius 3 is 2.15 bits per heavy atom. The van der Waals surface area contributed by atoms with Gasteiger partial charge in [-0.15, -0.1) is 0 Å². The van der Waals surface area contributed by atoms with Gasteiger partial charge in [-0.3, -0.25) is 14.4 Å². The maximum Gasteiger partial charge on any atom is 0.321 e. The van der Waals surface area contributed by atoms with Gasteiger partial charge in [0, 0.05) is 0 Å². The molecule has 1 aromatic rings. The molecule has 0 bridgehead atoms. The summed E-state index contributed by atoms with van der Waals surface area (Å²) >= 11 is 3.21. The Labute approximate surface area is 125 Å². The monoisotopic (exact) mass is 339 g/mol. The number of ether oxygens (including phenoxy) is 1. The number of hydrogen-bond donors (Lipinski definition) is 0. The molecule has 0 fully saturated rings. The van der Waals surface area contributed by atoms with Gasteiger partial charge in [0.1, 0.15) is 4.83 Å². The molecule has 0 saturated heterocycles. The average molecular weight is 340 g/mol. The number of esters is 1. The average Bonchev–Trinajstić information content (AvgIpc) is 2.68. The van der Waals surface area contributed by atoms with Crippen molar-refractivity contribution in [2.75, 3.05) is 6.73 Å². The summed E-state index contributed by atoms with van der Waals surface area (Å²) in [4.78, 5) is 36.2. The fraction of sp³-hybridized carbons (Fsp3) is 0.357. The minimum absolute atomic E-state index is 0.0599. The molecule has 1 aromatic carbocycles. The van der Waals surface area contributed by atoms with Crippen molar-refractivity contribution >= 4 is 33.7 Å². The van der Waals surface area contributed by atoms with Crippen LogP contribution in [0.3, 0.4) is 0 Å². The molecule has 1 atom stereocenters. The first-order valence-corrected chi connectivity index (χ1v) is 7.11. The van der Waals surface area contributed by atoms with Crippen LogP contribution in [0.4, 0.5) is 0 Å². The van der Waals surface area contributed by atoms with E-state index in [4.69, 9.17) is 4.74 Å². The Bertz CT molecular complexity index is 535. The summed E-state index contributed by atoms with van der Waals surface area (Å²) in [6.07, 6.45) is 0. The molecule has 0 spiro atoms. The normalized spacial score (nSPS) is 15.5. The summed E-state index contributed by atoms with van der Waals surface area (Å²) in [5, 5.41) is 0. The highest BCUT2D eigenvalue weighted by Crippen LogP contribution is 2.22. The number of halogens is 1. The van der Waals surface area contributed by atoms with Gasteiger partial charge in [-0.1, -0.05) is 41.9 Å². The lowest BCUT2D eigenvalue weighted by Gasteiger charge is -2.17. The third-order valence-electron chi connectivity index (χ3n) is 3.02. The number of benzene rings is 1. The van der Waals surface area contributed by atoms with Gasteiger partial charge in [0.2, 0.25) is 0 Å². The molecule has 1 aliphatic heterocycles. The molecule has 0 aliphatic carbocycles. The third kappa shape index (κ3) is 2.60. The molecular weight excluding hydrogens is 326 g/mol. The van der Waals surface area contributed by atoms with Crippen molar-refractivity contribution in [1.29, 1.82) is 0 Å². The van der Waals surface area contributed by atoms with E-state index in [0.717, 1.165) is 4.90 Å². The largest absolute Gasteiger partial charge is 0.443 e. The Morgan fingerprint density at radius 1 is 1.20 bits per heavy atom. The van der Waals surface area contributed by atoms with Crippen LogP contribution < -0.4 is 0 Å². The quantitative estimate of drug-likeness (QED) is 0.479. The highest BCUT2D eigenvalue weighted by Gasteiger charge is 2.36. The molecular formula is C14H14BrNO4. The summed E-state index contributed by atoms with van der Waals surface area (Å²) in [5.41, 5.74) is 0.681. The number of alkyl halides is 1. The van der Waals surface area contributed by atoms with E-state index >= 15 is 0 Å². The lowest BCUT2D eigenvalue weighted by molar-refractivity contribution is -0.146. The summed E-state index contributed by atoms with van der Waals surface area (Å²) in [5.74, 6) is -1.30. The van der Waals surface area contributed by atoms with Crippen molar-refractivity contribution in [3.05, 3.63) is 35.4 Å². The van der Waals surface area contributed by atoms with Crippen molar-refractivity contribution in [2.45, 2.75) is 18.7 Å². The van der Waals surface area contributed by atoms with E-state index in [0.29, 0.717) is 11.1 Å². The molecule has 2 rings (SSSR count). The first-order chi connectivity index (χ1) is 9.43. The number of imide groups is 1. The second-order valence-electron chi connectivity index (χ2n) is 4.82. The molecule has 5 nitrogen and oxygen atoms in total. The van der Waals surface area contributed by atoms with E-state index in [1.165, 1.54) is 0 Å². The molecule has 1 aliphatic rings. The maximum absolute atomic E-state index is 12.0. The van der Waals surface area contributed by atoms with Crippen LogP contribution in [0.5, 0.6) is 0 Å². The maximum atomic E-state index is 12.0. The van der Waals surface area contributed by atoms with Crippen molar-refractivity contribution in [2.24, 2.45) is 5.92 Å². The molecule has 20 heavy (non-hydrogen) atoms. The number of nitrogens with zero attached hydrogens (tertiary/aromatic N) is 1. The van der Waals surface area contributed by atoms with Crippen molar-refractivity contribution in [3.63, 3.8) is 0 Å². The predicted molar refractivity (Wildman–Crippen MR) is 75.5 cm³/mol. The molecule has 0 N–H and O–H groups in total. The van der Waals surface area contributed by atoms with Crippen LogP contribution in [-0.4, -0.2) is 34.2 Å². The van der Waals surface area contributed by atoms with E-state index in [1.54, 1.807) is 24.3 Å². The van der Waals surface area contributed by atoms with Gasteiger partial charge in [0.15, 0.2) is 6.73 Å². The molecule has 6 heteroatoms. The smallest absolute Gasteiger partial charge is 0.321 e. The lowest BCUT2D eigenvalue weighted by atomic mass is 10.1. The zero-order valence-corrected chi connectivity index (χ0v) is 12.7. The zero-order valence-electron chi connectivity index (χ0n) is 11.1. The molecule has 0 aromatic heterocycles. The number of carbonyl (C=O) groups is 3. The lowest BCUT2D eigenvalue weighted by Crippen LogP contribution is -2.35. The van der Waals surface area contributed by atoms with E-state index in [9.17, 15) is 14.4 Å². The SMILES string of the molecule is CC(C)C(Br)C(=O)OCN1C(=O)c2ccccc2C1=O. The number of rotatable bonds is 4. The topological polar surface area (TPSA) is 63.7 Å². The van der Waals surface area contributed by atoms with E-state index in [2.05, 4.69) is 15.9 Å². The van der Waals surface area contributed by atoms with Crippen LogP contribution in [0.15, 0.2) is 24.3 Å². The predicted octanol–water partition coefficient (Wildman–Crippen LogP) is 2.20. The molecule has 0 saturated carbocycles. The minimum Gasteiger partial charge on any atom is -0.443 e. The summed E-state index contributed by atoms with van der Waals surface area (Å²) in [7, 11) is 0. The van der Waals surface area contributed by atoms with Crippen LogP contribution in [-0.2, 0) is 9.53 Å². The molecule has 2 amide bonds. The van der Waals surface area contributed by atoms with Crippen molar-refractivity contribution in [1.82, 2.24) is 4.90 Å². The second kappa shape index (κ2) is 5.75. The Hall–Kier alpha value is -1.69. The van der Waals surface area contributed by atoms with Gasteiger partial charge in [-0.25, -0.2) is 4.90 Å². The molecule has 1 heterocycles. The Kier molecular flexibility index (Phi) is 4.23. The van der Waals surface area contributed by atoms with Crippen LogP contribution in [0.2, 0.25) is 0 Å². The van der Waals surface area contributed by atoms with Gasteiger partial charge >= 0.3 is 5.97 Å². The second-order valence-corrected chi connectivity index (χ2v) is 5.81. The standard InChI is InChI=1S/C14H14BrNO4/c1-8(2)11(15)14(19)20-7-16-12(17)9-5-3-4-6-10(9)13(16)18/h3-6,8,11H,7H2,1-2H3. The minimum atomic E-state index is -0.489. The summed E-state index contributed by atoms with van der Waals surface area (Å²) in [6, 6.07) is 6.54. The molecule has 0 radical (unpaired) electrons. The highest BCUT2D eigenvalue weighted by molar-refractivity contribution is 9.10. The van der Waals surface area contributed by atoms with Crippen LogP contribution in [0.1, 0.15) is 34.6 Å².